The van der Waals surface area contributed by atoms with Crippen LogP contribution in [0.1, 0.15) is 44.8 Å². The van der Waals surface area contributed by atoms with Crippen molar-refractivity contribution < 1.29 is 27.5 Å². The van der Waals surface area contributed by atoms with Crippen molar-refractivity contribution in [3.8, 4) is 0 Å². The summed E-state index contributed by atoms with van der Waals surface area (Å²) in [7, 11) is 3.08. The summed E-state index contributed by atoms with van der Waals surface area (Å²) in [6.07, 6.45) is 0.294. The molecule has 3 heterocycles. The Morgan fingerprint density at radius 2 is 1.88 bits per heavy atom. The number of hydrazine groups is 2. The maximum Gasteiger partial charge on any atom is 0.416 e. The highest BCUT2D eigenvalue weighted by Gasteiger charge is 2.32. The number of halogens is 3. The largest absolute Gasteiger partial charge is 0.453 e. The van der Waals surface area contributed by atoms with E-state index >= 15 is 0 Å². The first-order chi connectivity index (χ1) is 20.0. The first-order valence-corrected chi connectivity index (χ1v) is 14.0. The Hall–Kier alpha value is -4.14. The van der Waals surface area contributed by atoms with E-state index in [9.17, 15) is 22.8 Å². The molecule has 222 valence electrons. The number of carbonyl (C=O) groups is 2. The van der Waals surface area contributed by atoms with Gasteiger partial charge in [0, 0.05) is 37.2 Å². The van der Waals surface area contributed by atoms with Crippen molar-refractivity contribution in [1.29, 1.82) is 0 Å². The van der Waals surface area contributed by atoms with Crippen molar-refractivity contribution in [2.75, 3.05) is 42.9 Å². The van der Waals surface area contributed by atoms with Crippen LogP contribution < -0.4 is 21.2 Å². The number of methoxy groups -OCH3 is 1. The van der Waals surface area contributed by atoms with Crippen LogP contribution in [0.3, 0.4) is 0 Å². The summed E-state index contributed by atoms with van der Waals surface area (Å²) < 4.78 is 45.7. The normalized spacial score (nSPS) is 15.6. The van der Waals surface area contributed by atoms with E-state index < -0.39 is 23.7 Å². The van der Waals surface area contributed by atoms with Crippen LogP contribution in [0.4, 0.5) is 34.5 Å². The maximum absolute atomic E-state index is 13.7. The van der Waals surface area contributed by atoms with Gasteiger partial charge in [-0.1, -0.05) is 17.4 Å². The number of thiazole rings is 1. The average Bonchev–Trinajstić information content (AvgIpc) is 3.71. The molecule has 2 aliphatic heterocycles. The lowest BCUT2D eigenvalue weighted by atomic mass is 10.0. The number of hydrogen-bond acceptors (Lipinski definition) is 9. The monoisotopic (exact) mass is 601 g/mol. The van der Waals surface area contributed by atoms with Gasteiger partial charge in [0.25, 0.3) is 5.91 Å². The SMILES string of the molecule is COC(=O)Nc1ncc(C2=CN(c3cc(NC(=O)c4cc(CN5CCCC5)cc(C(F)(F)F)c4)ccc3C)NN2C)s1. The Kier molecular flexibility index (Phi) is 8.38. The minimum Gasteiger partial charge on any atom is -0.453 e. The van der Waals surface area contributed by atoms with Crippen LogP contribution >= 0.6 is 11.3 Å². The van der Waals surface area contributed by atoms with Gasteiger partial charge in [0.1, 0.15) is 0 Å². The number of amides is 2. The predicted octanol–water partition coefficient (Wildman–Crippen LogP) is 5.67. The van der Waals surface area contributed by atoms with Crippen LogP contribution in [0.5, 0.6) is 0 Å². The molecule has 0 spiro atoms. The number of nitrogens with zero attached hydrogens (tertiary/aromatic N) is 4. The molecular weight excluding hydrogens is 571 g/mol. The topological polar surface area (TPSA) is 102 Å². The van der Waals surface area contributed by atoms with Crippen LogP contribution in [0.25, 0.3) is 5.70 Å². The van der Waals surface area contributed by atoms with Crippen molar-refractivity contribution in [2.24, 2.45) is 0 Å². The third-order valence-corrected chi connectivity index (χ3v) is 7.87. The quantitative estimate of drug-likeness (QED) is 0.319. The van der Waals surface area contributed by atoms with E-state index in [1.807, 2.05) is 26.2 Å². The van der Waals surface area contributed by atoms with Gasteiger partial charge in [-0.25, -0.2) is 9.78 Å². The fourth-order valence-electron chi connectivity index (χ4n) is 4.82. The van der Waals surface area contributed by atoms with Gasteiger partial charge in [0.15, 0.2) is 5.13 Å². The number of anilines is 3. The summed E-state index contributed by atoms with van der Waals surface area (Å²) in [5.74, 6) is -0.628. The molecule has 2 aliphatic rings. The highest BCUT2D eigenvalue weighted by molar-refractivity contribution is 7.16. The van der Waals surface area contributed by atoms with E-state index in [1.165, 1.54) is 24.5 Å². The summed E-state index contributed by atoms with van der Waals surface area (Å²) in [6.45, 7) is 3.92. The molecule has 0 bridgehead atoms. The first-order valence-electron chi connectivity index (χ1n) is 13.2. The molecule has 0 unspecified atom stereocenters. The number of alkyl halides is 3. The molecule has 3 aromatic rings. The van der Waals surface area contributed by atoms with Crippen LogP contribution in [0.2, 0.25) is 0 Å². The molecule has 0 atom stereocenters. The summed E-state index contributed by atoms with van der Waals surface area (Å²) >= 11 is 1.26. The molecule has 2 amide bonds. The van der Waals surface area contributed by atoms with Gasteiger partial charge in [0.05, 0.1) is 28.9 Å². The number of rotatable bonds is 7. The molecule has 0 saturated carbocycles. The molecule has 14 heteroatoms. The van der Waals surface area contributed by atoms with Gasteiger partial charge in [0.2, 0.25) is 0 Å². The predicted molar refractivity (Wildman–Crippen MR) is 155 cm³/mol. The molecule has 10 nitrogen and oxygen atoms in total. The zero-order valence-corrected chi connectivity index (χ0v) is 24.0. The first kappa shape index (κ1) is 29.4. The lowest BCUT2D eigenvalue weighted by Crippen LogP contribution is -2.38. The number of carbonyl (C=O) groups excluding carboxylic acids is 2. The highest BCUT2D eigenvalue weighted by atomic mass is 32.1. The van der Waals surface area contributed by atoms with Crippen molar-refractivity contribution in [2.45, 2.75) is 32.5 Å². The fourth-order valence-corrected chi connectivity index (χ4v) is 5.67. The van der Waals surface area contributed by atoms with Crippen LogP contribution in [0, 0.1) is 6.92 Å². The molecule has 3 N–H and O–H groups in total. The molecule has 42 heavy (non-hydrogen) atoms. The number of likely N-dealkylation sites (tertiary alicyclic amines) is 1. The Morgan fingerprint density at radius 1 is 1.12 bits per heavy atom. The second kappa shape index (κ2) is 12.0. The molecule has 1 saturated heterocycles. The lowest BCUT2D eigenvalue weighted by molar-refractivity contribution is -0.137. The van der Waals surface area contributed by atoms with Gasteiger partial charge in [-0.05, 0) is 74.3 Å². The second-order valence-corrected chi connectivity index (χ2v) is 11.1. The molecule has 5 rings (SSSR count). The zero-order valence-electron chi connectivity index (χ0n) is 23.2. The van der Waals surface area contributed by atoms with Gasteiger partial charge < -0.3 is 10.1 Å². The smallest absolute Gasteiger partial charge is 0.416 e. The molecule has 1 fully saturated rings. The number of benzene rings is 2. The van der Waals surface area contributed by atoms with Crippen molar-refractivity contribution in [3.63, 3.8) is 0 Å². The number of ether oxygens (including phenoxy) is 1. The summed E-state index contributed by atoms with van der Waals surface area (Å²) in [4.78, 5) is 31.8. The van der Waals surface area contributed by atoms with E-state index in [0.717, 1.165) is 54.2 Å². The summed E-state index contributed by atoms with van der Waals surface area (Å²) in [6, 6.07) is 8.80. The average molecular weight is 602 g/mol. The number of aromatic nitrogens is 1. The van der Waals surface area contributed by atoms with E-state index in [2.05, 4.69) is 30.8 Å². The van der Waals surface area contributed by atoms with Gasteiger partial charge >= 0.3 is 12.3 Å². The minimum atomic E-state index is -4.57. The standard InChI is InChI=1S/C28H30F3N7O3S/c1-17-6-7-21(13-22(17)38-16-23(36(2)35-38)24-14-32-26(42-24)34-27(40)41-3)33-25(39)19-10-18(15-37-8-4-5-9-37)11-20(12-19)28(29,30)31/h6-7,10-14,16,35H,4-5,8-9,15H2,1-3H3,(H,33,39)(H,32,34,40). The fraction of sp³-hybridized carbons (Fsp3) is 0.321. The Bertz CT molecular complexity index is 1520. The van der Waals surface area contributed by atoms with E-state index in [1.54, 1.807) is 28.3 Å². The highest BCUT2D eigenvalue weighted by Crippen LogP contribution is 2.34. The molecule has 0 radical (unpaired) electrons. The van der Waals surface area contributed by atoms with Crippen LogP contribution in [-0.2, 0) is 17.5 Å². The third kappa shape index (κ3) is 6.66. The van der Waals surface area contributed by atoms with Gasteiger partial charge in [-0.2, -0.15) is 13.2 Å². The van der Waals surface area contributed by atoms with Crippen LogP contribution in [-0.4, -0.2) is 54.1 Å². The Balaban J connectivity index is 1.36. The van der Waals surface area contributed by atoms with Gasteiger partial charge in [-0.3, -0.25) is 25.0 Å². The number of hydrogen-bond donors (Lipinski definition) is 3. The second-order valence-electron chi connectivity index (χ2n) is 10.0. The Morgan fingerprint density at radius 3 is 2.60 bits per heavy atom. The van der Waals surface area contributed by atoms with Crippen molar-refractivity contribution in [3.05, 3.63) is 75.9 Å². The third-order valence-electron chi connectivity index (χ3n) is 6.94. The maximum atomic E-state index is 13.7. The van der Waals surface area contributed by atoms with Crippen molar-refractivity contribution in [1.82, 2.24) is 20.4 Å². The summed E-state index contributed by atoms with van der Waals surface area (Å²) in [5, 5.41) is 9.20. The molecule has 1 aromatic heterocycles. The van der Waals surface area contributed by atoms with E-state index in [0.29, 0.717) is 28.6 Å². The van der Waals surface area contributed by atoms with Crippen LogP contribution in [0.15, 0.2) is 48.8 Å². The van der Waals surface area contributed by atoms with Crippen molar-refractivity contribution >= 4 is 45.5 Å². The molecular formula is C28H30F3N7O3S. The van der Waals surface area contributed by atoms with E-state index in [4.69, 9.17) is 0 Å². The minimum absolute atomic E-state index is 0.0519. The number of aryl methyl sites for hydroxylation is 1. The molecule has 0 aliphatic carbocycles. The lowest BCUT2D eigenvalue weighted by Gasteiger charge is -2.22. The zero-order chi connectivity index (χ0) is 30.0. The number of nitrogens with one attached hydrogen (secondary N) is 3. The van der Waals surface area contributed by atoms with E-state index in [-0.39, 0.29) is 5.56 Å². The Labute approximate surface area is 244 Å². The summed E-state index contributed by atoms with van der Waals surface area (Å²) in [5.41, 5.74) is 5.55. The molecule has 2 aromatic carbocycles. The van der Waals surface area contributed by atoms with Gasteiger partial charge in [-0.15, -0.1) is 5.53 Å².